The molecule has 0 aliphatic rings. The van der Waals surface area contributed by atoms with Crippen LogP contribution in [0.3, 0.4) is 0 Å². The van der Waals surface area contributed by atoms with Gasteiger partial charge in [0.1, 0.15) is 6.67 Å². The van der Waals surface area contributed by atoms with Crippen LogP contribution in [-0.4, -0.2) is 12.9 Å². The fraction of sp³-hybridized carbons (Fsp3) is 0.667. The van der Waals surface area contributed by atoms with E-state index in [4.69, 9.17) is 0 Å². The number of allylic oxidation sites excluding steroid dienone is 2. The van der Waals surface area contributed by atoms with Gasteiger partial charge in [-0.3, -0.25) is 4.99 Å². The van der Waals surface area contributed by atoms with Gasteiger partial charge in [0.2, 0.25) is 0 Å². The van der Waals surface area contributed by atoms with E-state index in [0.29, 0.717) is 5.70 Å². The molecule has 0 aliphatic heterocycles. The molecule has 0 heterocycles. The molecule has 0 aliphatic carbocycles. The summed E-state index contributed by atoms with van der Waals surface area (Å²) >= 11 is 0. The summed E-state index contributed by atoms with van der Waals surface area (Å²) in [5.74, 6) is 0. The Labute approximate surface area is 69.0 Å². The molecule has 0 aromatic carbocycles. The molecule has 0 aromatic heterocycles. The smallest absolute Gasteiger partial charge is 0.131 e. The fourth-order valence-corrected chi connectivity index (χ4v) is 0.395. The van der Waals surface area contributed by atoms with Gasteiger partial charge in [-0.15, -0.1) is 0 Å². The molecule has 0 bridgehead atoms. The van der Waals surface area contributed by atoms with Crippen molar-refractivity contribution >= 4 is 6.21 Å². The highest BCUT2D eigenvalue weighted by molar-refractivity contribution is 5.58. The van der Waals surface area contributed by atoms with Gasteiger partial charge >= 0.3 is 0 Å². The molecule has 0 rings (SSSR count). The molecular weight excluding hydrogens is 141 g/mol. The molecule has 11 heavy (non-hydrogen) atoms. The van der Waals surface area contributed by atoms with Gasteiger partial charge in [0.05, 0.1) is 5.70 Å². The minimum Gasteiger partial charge on any atom is -0.263 e. The van der Waals surface area contributed by atoms with Crippen LogP contribution in [0.4, 0.5) is 4.39 Å². The fourth-order valence-electron chi connectivity index (χ4n) is 0.395. The van der Waals surface area contributed by atoms with Crippen molar-refractivity contribution in [3.8, 4) is 0 Å². The second-order valence-electron chi connectivity index (χ2n) is 1.63. The minimum absolute atomic E-state index is 0.465. The molecule has 0 fully saturated rings. The maximum atomic E-state index is 11.8. The van der Waals surface area contributed by atoms with Crippen molar-refractivity contribution in [3.05, 3.63) is 11.8 Å². The summed E-state index contributed by atoms with van der Waals surface area (Å²) < 4.78 is 11.8. The standard InChI is InChI=1S/C7H12FN.C2H6/c1-3-5-9-7(4-2)6-8;1-2/h4-5H,3,6H2,1-2H3;1-2H3/b7-4-,9-5?;. The third-order valence-corrected chi connectivity index (χ3v) is 0.910. The number of aliphatic imine (C=N–C) groups is 1. The molecule has 0 radical (unpaired) electrons. The molecule has 0 N–H and O–H groups in total. The monoisotopic (exact) mass is 159 g/mol. The van der Waals surface area contributed by atoms with Crippen LogP contribution in [0.25, 0.3) is 0 Å². The van der Waals surface area contributed by atoms with Crippen molar-refractivity contribution in [1.29, 1.82) is 0 Å². The number of hydrogen-bond acceptors (Lipinski definition) is 1. The van der Waals surface area contributed by atoms with Crippen molar-refractivity contribution in [3.63, 3.8) is 0 Å². The van der Waals surface area contributed by atoms with Gasteiger partial charge < -0.3 is 0 Å². The van der Waals surface area contributed by atoms with E-state index < -0.39 is 6.67 Å². The Morgan fingerprint density at radius 1 is 1.45 bits per heavy atom. The summed E-state index contributed by atoms with van der Waals surface area (Å²) in [5.41, 5.74) is 0.511. The summed E-state index contributed by atoms with van der Waals surface area (Å²) in [6.07, 6.45) is 4.23. The van der Waals surface area contributed by atoms with E-state index in [1.54, 1.807) is 19.2 Å². The zero-order valence-electron chi connectivity index (χ0n) is 7.89. The van der Waals surface area contributed by atoms with Crippen LogP contribution in [0, 0.1) is 0 Å². The molecule has 0 unspecified atom stereocenters. The van der Waals surface area contributed by atoms with Crippen LogP contribution in [0.1, 0.15) is 34.1 Å². The van der Waals surface area contributed by atoms with Crippen LogP contribution in [0.2, 0.25) is 0 Å². The highest BCUT2D eigenvalue weighted by Crippen LogP contribution is 1.95. The largest absolute Gasteiger partial charge is 0.263 e. The van der Waals surface area contributed by atoms with Gasteiger partial charge in [-0.1, -0.05) is 26.8 Å². The van der Waals surface area contributed by atoms with Crippen LogP contribution < -0.4 is 0 Å². The quantitative estimate of drug-likeness (QED) is 0.560. The highest BCUT2D eigenvalue weighted by Gasteiger charge is 1.85. The van der Waals surface area contributed by atoms with E-state index in [2.05, 4.69) is 4.99 Å². The van der Waals surface area contributed by atoms with Gasteiger partial charge in [-0.2, -0.15) is 0 Å². The van der Waals surface area contributed by atoms with Gasteiger partial charge in [0, 0.05) is 6.21 Å². The summed E-state index contributed by atoms with van der Waals surface area (Å²) in [5, 5.41) is 0. The lowest BCUT2D eigenvalue weighted by Crippen LogP contribution is -1.80. The van der Waals surface area contributed by atoms with Gasteiger partial charge in [-0.25, -0.2) is 4.39 Å². The first-order chi connectivity index (χ1) is 5.35. The lowest BCUT2D eigenvalue weighted by molar-refractivity contribution is 0.540. The average Bonchev–Trinajstić information content (AvgIpc) is 2.10. The first-order valence-electron chi connectivity index (χ1n) is 4.08. The third-order valence-electron chi connectivity index (χ3n) is 0.910. The van der Waals surface area contributed by atoms with Crippen molar-refractivity contribution < 1.29 is 4.39 Å². The van der Waals surface area contributed by atoms with E-state index in [-0.39, 0.29) is 0 Å². The van der Waals surface area contributed by atoms with Crippen molar-refractivity contribution in [2.24, 2.45) is 4.99 Å². The lowest BCUT2D eigenvalue weighted by Gasteiger charge is -1.88. The zero-order chi connectivity index (χ0) is 9.11. The predicted molar refractivity (Wildman–Crippen MR) is 49.9 cm³/mol. The second-order valence-corrected chi connectivity index (χ2v) is 1.63. The van der Waals surface area contributed by atoms with Gasteiger partial charge in [-0.05, 0) is 13.3 Å². The van der Waals surface area contributed by atoms with Crippen LogP contribution >= 0.6 is 0 Å². The minimum atomic E-state index is -0.465. The van der Waals surface area contributed by atoms with E-state index in [1.165, 1.54) is 0 Å². The third kappa shape index (κ3) is 9.34. The number of hydrogen-bond donors (Lipinski definition) is 0. The topological polar surface area (TPSA) is 12.4 Å². The highest BCUT2D eigenvalue weighted by atomic mass is 19.1. The average molecular weight is 159 g/mol. The van der Waals surface area contributed by atoms with Gasteiger partial charge in [0.15, 0.2) is 0 Å². The second kappa shape index (κ2) is 12.1. The Bertz CT molecular complexity index is 117. The Morgan fingerprint density at radius 3 is 2.27 bits per heavy atom. The van der Waals surface area contributed by atoms with E-state index in [0.717, 1.165) is 6.42 Å². The Morgan fingerprint density at radius 2 is 2.00 bits per heavy atom. The van der Waals surface area contributed by atoms with Crippen LogP contribution in [0.15, 0.2) is 16.8 Å². The first-order valence-corrected chi connectivity index (χ1v) is 4.08. The molecule has 2 heteroatoms. The molecule has 0 saturated carbocycles. The molecule has 66 valence electrons. The number of halogens is 1. The summed E-state index contributed by atoms with van der Waals surface area (Å²) in [6, 6.07) is 0. The maximum absolute atomic E-state index is 11.8. The number of rotatable bonds is 3. The molecule has 0 atom stereocenters. The Balaban J connectivity index is 0. The first kappa shape index (κ1) is 13.0. The maximum Gasteiger partial charge on any atom is 0.131 e. The molecule has 0 amide bonds. The van der Waals surface area contributed by atoms with E-state index >= 15 is 0 Å². The summed E-state index contributed by atoms with van der Waals surface area (Å²) in [7, 11) is 0. The molecule has 0 saturated heterocycles. The lowest BCUT2D eigenvalue weighted by atomic mass is 10.4. The van der Waals surface area contributed by atoms with E-state index in [9.17, 15) is 4.39 Å². The summed E-state index contributed by atoms with van der Waals surface area (Å²) in [6.45, 7) is 7.28. The zero-order valence-corrected chi connectivity index (χ0v) is 7.89. The number of nitrogens with zero attached hydrogens (tertiary/aromatic N) is 1. The number of alkyl halides is 1. The van der Waals surface area contributed by atoms with Gasteiger partial charge in [0.25, 0.3) is 0 Å². The van der Waals surface area contributed by atoms with E-state index in [1.807, 2.05) is 20.8 Å². The van der Waals surface area contributed by atoms with Crippen LogP contribution in [-0.2, 0) is 0 Å². The SMILES string of the molecule is C/C=C(/CF)N=CCC.CC. The summed E-state index contributed by atoms with van der Waals surface area (Å²) in [4.78, 5) is 3.84. The predicted octanol–water partition coefficient (Wildman–Crippen LogP) is 3.37. The van der Waals surface area contributed by atoms with Crippen molar-refractivity contribution in [2.45, 2.75) is 34.1 Å². The van der Waals surface area contributed by atoms with Crippen molar-refractivity contribution in [2.75, 3.05) is 6.67 Å². The van der Waals surface area contributed by atoms with Crippen LogP contribution in [0.5, 0.6) is 0 Å². The molecule has 0 spiro atoms. The molecule has 0 aromatic rings. The molecular formula is C9H18FN. The Hall–Kier alpha value is -0.660. The Kier molecular flexibility index (Phi) is 14.2. The van der Waals surface area contributed by atoms with Crippen molar-refractivity contribution in [1.82, 2.24) is 0 Å². The normalized spacial score (nSPS) is 11.2. The molecule has 1 nitrogen and oxygen atoms in total.